The molecule has 1 aliphatic carbocycles. The lowest BCUT2D eigenvalue weighted by Gasteiger charge is -2.34. The fraction of sp³-hybridized carbons (Fsp3) is 0.650. The minimum atomic E-state index is -0.366. The average molecular weight is 346 g/mol. The number of aliphatic hydroxyl groups is 1. The summed E-state index contributed by atoms with van der Waals surface area (Å²) < 4.78 is 5.92. The summed E-state index contributed by atoms with van der Waals surface area (Å²) in [5, 5.41) is 12.7. The molecular formula is C20H30N2O3. The van der Waals surface area contributed by atoms with E-state index in [-0.39, 0.29) is 18.1 Å². The molecule has 2 atom stereocenters. The zero-order valence-corrected chi connectivity index (χ0v) is 15.1. The van der Waals surface area contributed by atoms with E-state index in [1.807, 2.05) is 24.3 Å². The molecule has 138 valence electrons. The highest BCUT2D eigenvalue weighted by atomic mass is 16.5. The van der Waals surface area contributed by atoms with Crippen molar-refractivity contribution in [2.75, 3.05) is 18.4 Å². The van der Waals surface area contributed by atoms with E-state index in [1.54, 1.807) is 11.8 Å². The van der Waals surface area contributed by atoms with Crippen LogP contribution in [-0.2, 0) is 11.3 Å². The Bertz CT molecular complexity index is 553. The molecule has 2 aliphatic rings. The number of likely N-dealkylation sites (tertiary alicyclic amines) is 1. The van der Waals surface area contributed by atoms with Crippen LogP contribution in [0.2, 0.25) is 0 Å². The number of piperidine rings is 1. The zero-order chi connectivity index (χ0) is 17.6. The van der Waals surface area contributed by atoms with Gasteiger partial charge < -0.3 is 20.1 Å². The number of nitrogens with zero attached hydrogens (tertiary/aromatic N) is 1. The van der Waals surface area contributed by atoms with Crippen molar-refractivity contribution in [2.24, 2.45) is 5.92 Å². The summed E-state index contributed by atoms with van der Waals surface area (Å²) in [7, 11) is 0. The second kappa shape index (κ2) is 8.68. The van der Waals surface area contributed by atoms with Gasteiger partial charge in [0.25, 0.3) is 0 Å². The van der Waals surface area contributed by atoms with Crippen molar-refractivity contribution in [3.63, 3.8) is 0 Å². The van der Waals surface area contributed by atoms with E-state index < -0.39 is 0 Å². The smallest absolute Gasteiger partial charge is 0.321 e. The normalized spacial score (nSPS) is 22.8. The van der Waals surface area contributed by atoms with Crippen molar-refractivity contribution >= 4 is 11.7 Å². The number of carbonyl (C=O) groups is 1. The summed E-state index contributed by atoms with van der Waals surface area (Å²) in [4.78, 5) is 14.2. The van der Waals surface area contributed by atoms with Gasteiger partial charge in [-0.05, 0) is 50.3 Å². The lowest BCUT2D eigenvalue weighted by Crippen LogP contribution is -2.44. The van der Waals surface area contributed by atoms with Crippen molar-refractivity contribution < 1.29 is 14.6 Å². The van der Waals surface area contributed by atoms with E-state index in [2.05, 4.69) is 5.32 Å². The maximum Gasteiger partial charge on any atom is 0.321 e. The number of rotatable bonds is 5. The van der Waals surface area contributed by atoms with Crippen LogP contribution in [0.3, 0.4) is 0 Å². The molecule has 1 heterocycles. The van der Waals surface area contributed by atoms with Gasteiger partial charge in [0.15, 0.2) is 0 Å². The Labute approximate surface area is 150 Å². The molecular weight excluding hydrogens is 316 g/mol. The van der Waals surface area contributed by atoms with Crippen molar-refractivity contribution in [3.05, 3.63) is 29.8 Å². The average Bonchev–Trinajstić information content (AvgIpc) is 3.15. The summed E-state index contributed by atoms with van der Waals surface area (Å²) in [5.74, 6) is 0.176. The molecule has 0 spiro atoms. The predicted octanol–water partition coefficient (Wildman–Crippen LogP) is 3.77. The molecule has 0 aromatic heterocycles. The Balaban J connectivity index is 1.47. The molecule has 0 bridgehead atoms. The SMILES string of the molecule is CC(O)C1CCCN(C(=O)Nc2ccc(COC3CCCC3)cc2)C1. The summed E-state index contributed by atoms with van der Waals surface area (Å²) in [6.07, 6.45) is 6.89. The molecule has 5 heteroatoms. The number of nitrogens with one attached hydrogen (secondary N) is 1. The first-order valence-corrected chi connectivity index (χ1v) is 9.56. The quantitative estimate of drug-likeness (QED) is 0.853. The van der Waals surface area contributed by atoms with Crippen LogP contribution in [0.5, 0.6) is 0 Å². The van der Waals surface area contributed by atoms with Crippen molar-refractivity contribution in [3.8, 4) is 0 Å². The van der Waals surface area contributed by atoms with Gasteiger partial charge in [-0.15, -0.1) is 0 Å². The van der Waals surface area contributed by atoms with Gasteiger partial charge in [0.05, 0.1) is 18.8 Å². The van der Waals surface area contributed by atoms with E-state index in [1.165, 1.54) is 25.7 Å². The van der Waals surface area contributed by atoms with Crippen LogP contribution >= 0.6 is 0 Å². The molecule has 5 nitrogen and oxygen atoms in total. The minimum Gasteiger partial charge on any atom is -0.393 e. The van der Waals surface area contributed by atoms with E-state index in [4.69, 9.17) is 4.74 Å². The number of amides is 2. The number of benzene rings is 1. The Kier molecular flexibility index (Phi) is 6.32. The van der Waals surface area contributed by atoms with Crippen LogP contribution in [0.15, 0.2) is 24.3 Å². The van der Waals surface area contributed by atoms with E-state index in [0.29, 0.717) is 19.3 Å². The molecule has 2 N–H and O–H groups in total. The van der Waals surface area contributed by atoms with Crippen LogP contribution in [0.1, 0.15) is 51.0 Å². The second-order valence-electron chi connectivity index (χ2n) is 7.43. The molecule has 1 saturated carbocycles. The summed E-state index contributed by atoms with van der Waals surface area (Å²) in [6, 6.07) is 7.81. The second-order valence-corrected chi connectivity index (χ2v) is 7.43. The molecule has 2 fully saturated rings. The van der Waals surface area contributed by atoms with Gasteiger partial charge in [-0.3, -0.25) is 0 Å². The lowest BCUT2D eigenvalue weighted by atomic mass is 9.94. The largest absolute Gasteiger partial charge is 0.393 e. The van der Waals surface area contributed by atoms with Crippen LogP contribution in [0.25, 0.3) is 0 Å². The first-order valence-electron chi connectivity index (χ1n) is 9.56. The number of urea groups is 1. The molecule has 1 aromatic rings. The maximum absolute atomic E-state index is 12.4. The fourth-order valence-corrected chi connectivity index (χ4v) is 3.74. The third-order valence-corrected chi connectivity index (χ3v) is 5.42. The van der Waals surface area contributed by atoms with Crippen LogP contribution in [0.4, 0.5) is 10.5 Å². The van der Waals surface area contributed by atoms with Crippen molar-refractivity contribution in [1.29, 1.82) is 0 Å². The molecule has 0 radical (unpaired) electrons. The van der Waals surface area contributed by atoms with Crippen molar-refractivity contribution in [2.45, 2.75) is 64.3 Å². The number of ether oxygens (including phenoxy) is 1. The maximum atomic E-state index is 12.4. The van der Waals surface area contributed by atoms with Gasteiger partial charge >= 0.3 is 6.03 Å². The van der Waals surface area contributed by atoms with Gasteiger partial charge in [0, 0.05) is 24.7 Å². The standard InChI is InChI=1S/C20H30N2O3/c1-15(23)17-5-4-12-22(13-17)20(24)21-18-10-8-16(9-11-18)14-25-19-6-2-3-7-19/h8-11,15,17,19,23H,2-7,12-14H2,1H3,(H,21,24). The molecule has 1 aromatic carbocycles. The fourth-order valence-electron chi connectivity index (χ4n) is 3.74. The monoisotopic (exact) mass is 346 g/mol. The topological polar surface area (TPSA) is 61.8 Å². The molecule has 2 unspecified atom stereocenters. The van der Waals surface area contributed by atoms with E-state index in [9.17, 15) is 9.90 Å². The van der Waals surface area contributed by atoms with Crippen LogP contribution in [-0.4, -0.2) is 41.3 Å². The summed E-state index contributed by atoms with van der Waals surface area (Å²) in [6.45, 7) is 3.82. The highest BCUT2D eigenvalue weighted by molar-refractivity contribution is 5.89. The van der Waals surface area contributed by atoms with Crippen LogP contribution < -0.4 is 5.32 Å². The first-order chi connectivity index (χ1) is 12.1. The molecule has 2 amide bonds. The lowest BCUT2D eigenvalue weighted by molar-refractivity contribution is 0.0457. The minimum absolute atomic E-state index is 0.0831. The third kappa shape index (κ3) is 5.19. The summed E-state index contributed by atoms with van der Waals surface area (Å²) in [5.41, 5.74) is 1.94. The number of hydrogen-bond acceptors (Lipinski definition) is 3. The molecule has 1 saturated heterocycles. The Morgan fingerprint density at radius 1 is 1.24 bits per heavy atom. The molecule has 3 rings (SSSR count). The Hall–Kier alpha value is -1.59. The highest BCUT2D eigenvalue weighted by Crippen LogP contribution is 2.23. The number of aliphatic hydroxyl groups excluding tert-OH is 1. The van der Waals surface area contributed by atoms with Gasteiger partial charge in [-0.25, -0.2) is 4.79 Å². The number of anilines is 1. The number of carbonyl (C=O) groups excluding carboxylic acids is 1. The van der Waals surface area contributed by atoms with E-state index in [0.717, 1.165) is 30.6 Å². The number of hydrogen-bond donors (Lipinski definition) is 2. The molecule has 25 heavy (non-hydrogen) atoms. The summed E-state index contributed by atoms with van der Waals surface area (Å²) >= 11 is 0. The highest BCUT2D eigenvalue weighted by Gasteiger charge is 2.26. The van der Waals surface area contributed by atoms with Crippen molar-refractivity contribution in [1.82, 2.24) is 4.90 Å². The third-order valence-electron chi connectivity index (χ3n) is 5.42. The predicted molar refractivity (Wildman–Crippen MR) is 98.5 cm³/mol. The van der Waals surface area contributed by atoms with Gasteiger partial charge in [0.2, 0.25) is 0 Å². The first kappa shape index (κ1) is 18.2. The Morgan fingerprint density at radius 3 is 2.64 bits per heavy atom. The zero-order valence-electron chi connectivity index (χ0n) is 15.1. The van der Waals surface area contributed by atoms with Gasteiger partial charge in [-0.1, -0.05) is 25.0 Å². The van der Waals surface area contributed by atoms with E-state index >= 15 is 0 Å². The molecule has 1 aliphatic heterocycles. The van der Waals surface area contributed by atoms with Crippen LogP contribution in [0, 0.1) is 5.92 Å². The van der Waals surface area contributed by atoms with Gasteiger partial charge in [-0.2, -0.15) is 0 Å². The van der Waals surface area contributed by atoms with Gasteiger partial charge in [0.1, 0.15) is 0 Å². The Morgan fingerprint density at radius 2 is 1.96 bits per heavy atom.